The number of hydrogen-bond acceptors (Lipinski definition) is 4. The van der Waals surface area contributed by atoms with Crippen LogP contribution < -0.4 is 16.2 Å². The molecule has 3 aromatic rings. The Morgan fingerprint density at radius 1 is 1.35 bits per heavy atom. The van der Waals surface area contributed by atoms with E-state index in [1.54, 1.807) is 6.07 Å². The average molecular weight is 353 g/mol. The summed E-state index contributed by atoms with van der Waals surface area (Å²) in [7, 11) is 0. The molecule has 1 fully saturated rings. The minimum atomic E-state index is -0.137. The first-order chi connectivity index (χ1) is 12.7. The summed E-state index contributed by atoms with van der Waals surface area (Å²) in [6, 6.07) is 7.29. The Morgan fingerprint density at radius 2 is 2.15 bits per heavy atom. The summed E-state index contributed by atoms with van der Waals surface area (Å²) in [4.78, 5) is 27.3. The Kier molecular flexibility index (Phi) is 4.46. The van der Waals surface area contributed by atoms with Crippen molar-refractivity contribution in [2.24, 2.45) is 0 Å². The summed E-state index contributed by atoms with van der Waals surface area (Å²) in [6.07, 6.45) is 3.21. The molecule has 4 rings (SSSR count). The summed E-state index contributed by atoms with van der Waals surface area (Å²) in [5.74, 6) is 0.268. The summed E-state index contributed by atoms with van der Waals surface area (Å²) in [6.45, 7) is 3.86. The lowest BCUT2D eigenvalue weighted by atomic mass is 9.94. The Labute approximate surface area is 150 Å². The molecule has 0 spiro atoms. The molecule has 1 aromatic carbocycles. The first-order valence-corrected chi connectivity index (χ1v) is 9.22. The summed E-state index contributed by atoms with van der Waals surface area (Å²) >= 11 is 0. The van der Waals surface area contributed by atoms with Crippen molar-refractivity contribution in [3.63, 3.8) is 0 Å². The van der Waals surface area contributed by atoms with Gasteiger partial charge in [-0.25, -0.2) is 4.52 Å². The van der Waals surface area contributed by atoms with Crippen molar-refractivity contribution < 1.29 is 4.79 Å². The molecule has 0 aliphatic carbocycles. The number of benzene rings is 1. The molecule has 1 aliphatic heterocycles. The maximum atomic E-state index is 12.3. The lowest BCUT2D eigenvalue weighted by Crippen LogP contribution is -2.28. The van der Waals surface area contributed by atoms with Gasteiger partial charge < -0.3 is 15.6 Å². The maximum absolute atomic E-state index is 12.3. The molecule has 0 saturated carbocycles. The lowest BCUT2D eigenvalue weighted by Gasteiger charge is -2.23. The van der Waals surface area contributed by atoms with Crippen LogP contribution in [0.2, 0.25) is 0 Å². The Morgan fingerprint density at radius 3 is 2.92 bits per heavy atom. The number of carbonyl (C=O) groups excluding carboxylic acids is 1. The monoisotopic (exact) mass is 353 g/mol. The first-order valence-electron chi connectivity index (χ1n) is 9.22. The van der Waals surface area contributed by atoms with E-state index in [2.05, 4.69) is 15.6 Å². The highest BCUT2D eigenvalue weighted by atomic mass is 16.1. The van der Waals surface area contributed by atoms with E-state index in [0.29, 0.717) is 23.7 Å². The first kappa shape index (κ1) is 16.8. The third-order valence-corrected chi connectivity index (χ3v) is 4.97. The van der Waals surface area contributed by atoms with Crippen LogP contribution in [0, 0.1) is 0 Å². The average Bonchev–Trinajstić information content (AvgIpc) is 3.01. The minimum Gasteiger partial charge on any atom is -0.325 e. The van der Waals surface area contributed by atoms with Gasteiger partial charge in [-0.15, -0.1) is 0 Å². The minimum absolute atomic E-state index is 0.0313. The fraction of sp³-hybridized carbons (Fsp3) is 0.421. The Hall–Kier alpha value is -2.67. The van der Waals surface area contributed by atoms with Crippen LogP contribution in [-0.4, -0.2) is 33.6 Å². The summed E-state index contributed by atoms with van der Waals surface area (Å²) < 4.78 is 1.84. The predicted octanol–water partition coefficient (Wildman–Crippen LogP) is 2.38. The van der Waals surface area contributed by atoms with Crippen molar-refractivity contribution in [1.82, 2.24) is 19.9 Å². The van der Waals surface area contributed by atoms with Crippen LogP contribution in [0.25, 0.3) is 16.6 Å². The number of aromatic nitrogens is 3. The predicted molar refractivity (Wildman–Crippen MR) is 102 cm³/mol. The second-order valence-corrected chi connectivity index (χ2v) is 6.84. The lowest BCUT2D eigenvalue weighted by molar-refractivity contribution is -0.116. The molecular formula is C19H23N5O2. The topological polar surface area (TPSA) is 91.3 Å². The van der Waals surface area contributed by atoms with E-state index in [9.17, 15) is 9.59 Å². The molecule has 7 heteroatoms. The molecule has 7 nitrogen and oxygen atoms in total. The zero-order chi connectivity index (χ0) is 18.1. The van der Waals surface area contributed by atoms with Gasteiger partial charge in [-0.2, -0.15) is 5.10 Å². The maximum Gasteiger partial charge on any atom is 0.251 e. The largest absolute Gasteiger partial charge is 0.325 e. The SMILES string of the molecule is CCCC(=O)Nc1cccc2nn3c(C4CCNCC4)cc(=O)[nH]c3c12. The molecule has 0 radical (unpaired) electrons. The van der Waals surface area contributed by atoms with Crippen LogP contribution in [0.4, 0.5) is 5.69 Å². The Balaban J connectivity index is 1.89. The second-order valence-electron chi connectivity index (χ2n) is 6.84. The third kappa shape index (κ3) is 2.99. The molecule has 26 heavy (non-hydrogen) atoms. The number of H-pyrrole nitrogens is 1. The van der Waals surface area contributed by atoms with E-state index < -0.39 is 0 Å². The van der Waals surface area contributed by atoms with E-state index in [0.717, 1.165) is 48.9 Å². The molecule has 3 N–H and O–H groups in total. The number of nitrogens with one attached hydrogen (secondary N) is 3. The van der Waals surface area contributed by atoms with Gasteiger partial charge in [0.15, 0.2) is 0 Å². The van der Waals surface area contributed by atoms with E-state index >= 15 is 0 Å². The van der Waals surface area contributed by atoms with Crippen molar-refractivity contribution in [2.45, 2.75) is 38.5 Å². The third-order valence-electron chi connectivity index (χ3n) is 4.97. The van der Waals surface area contributed by atoms with Gasteiger partial charge in [-0.1, -0.05) is 13.0 Å². The molecule has 0 bridgehead atoms. The van der Waals surface area contributed by atoms with Crippen LogP contribution in [0.3, 0.4) is 0 Å². The quantitative estimate of drug-likeness (QED) is 0.672. The molecule has 3 heterocycles. The van der Waals surface area contributed by atoms with E-state index in [-0.39, 0.29) is 11.5 Å². The van der Waals surface area contributed by atoms with Gasteiger partial charge in [0.25, 0.3) is 5.56 Å². The highest BCUT2D eigenvalue weighted by Gasteiger charge is 2.21. The Bertz CT molecular complexity index is 1010. The number of aromatic amines is 1. The molecular weight excluding hydrogens is 330 g/mol. The van der Waals surface area contributed by atoms with Gasteiger partial charge in [0, 0.05) is 18.4 Å². The molecule has 1 amide bonds. The van der Waals surface area contributed by atoms with Crippen molar-refractivity contribution >= 4 is 28.1 Å². The van der Waals surface area contributed by atoms with Gasteiger partial charge in [0.1, 0.15) is 5.65 Å². The second kappa shape index (κ2) is 6.92. The van der Waals surface area contributed by atoms with Crippen LogP contribution >= 0.6 is 0 Å². The number of piperidine rings is 1. The summed E-state index contributed by atoms with van der Waals surface area (Å²) in [5, 5.41) is 11.8. The van der Waals surface area contributed by atoms with Crippen LogP contribution in [-0.2, 0) is 4.79 Å². The van der Waals surface area contributed by atoms with Gasteiger partial charge in [-0.3, -0.25) is 9.59 Å². The van der Waals surface area contributed by atoms with E-state index in [4.69, 9.17) is 5.10 Å². The standard InChI is InChI=1S/C19H23N5O2/c1-2-4-16(25)21-13-5-3-6-14-18(13)19-22-17(26)11-15(24(19)23-14)12-7-9-20-10-8-12/h3,5-6,11-12,20H,2,4,7-10H2,1H3,(H,21,25)(H,22,26). The zero-order valence-corrected chi connectivity index (χ0v) is 14.8. The number of fused-ring (bicyclic) bond motifs is 3. The fourth-order valence-electron chi connectivity index (χ4n) is 3.74. The van der Waals surface area contributed by atoms with Crippen molar-refractivity contribution in [3.8, 4) is 0 Å². The molecule has 136 valence electrons. The normalized spacial score (nSPS) is 15.6. The van der Waals surface area contributed by atoms with E-state index in [1.807, 2.05) is 29.6 Å². The van der Waals surface area contributed by atoms with Gasteiger partial charge in [0.05, 0.1) is 22.3 Å². The number of carbonyl (C=O) groups is 1. The van der Waals surface area contributed by atoms with Crippen molar-refractivity contribution in [2.75, 3.05) is 18.4 Å². The van der Waals surface area contributed by atoms with Gasteiger partial charge in [0.2, 0.25) is 5.91 Å². The number of hydrogen-bond donors (Lipinski definition) is 3. The summed E-state index contributed by atoms with van der Waals surface area (Å²) in [5.41, 5.74) is 2.90. The molecule has 2 aromatic heterocycles. The smallest absolute Gasteiger partial charge is 0.251 e. The highest BCUT2D eigenvalue weighted by molar-refractivity contribution is 6.07. The highest BCUT2D eigenvalue weighted by Crippen LogP contribution is 2.30. The number of rotatable bonds is 4. The molecule has 0 atom stereocenters. The van der Waals surface area contributed by atoms with Gasteiger partial charge in [-0.05, 0) is 44.5 Å². The van der Waals surface area contributed by atoms with Crippen molar-refractivity contribution in [3.05, 3.63) is 40.3 Å². The van der Waals surface area contributed by atoms with E-state index in [1.165, 1.54) is 0 Å². The number of anilines is 1. The molecule has 0 unspecified atom stereocenters. The van der Waals surface area contributed by atoms with Crippen LogP contribution in [0.15, 0.2) is 29.1 Å². The molecule has 1 aliphatic rings. The zero-order valence-electron chi connectivity index (χ0n) is 14.8. The number of nitrogens with zero attached hydrogens (tertiary/aromatic N) is 2. The number of amides is 1. The van der Waals surface area contributed by atoms with Crippen LogP contribution in [0.1, 0.15) is 44.2 Å². The molecule has 1 saturated heterocycles. The van der Waals surface area contributed by atoms with Crippen LogP contribution in [0.5, 0.6) is 0 Å². The fourth-order valence-corrected chi connectivity index (χ4v) is 3.74. The van der Waals surface area contributed by atoms with Gasteiger partial charge >= 0.3 is 0 Å². The van der Waals surface area contributed by atoms with Crippen molar-refractivity contribution in [1.29, 1.82) is 0 Å².